The number of rotatable bonds is 2. The van der Waals surface area contributed by atoms with Crippen LogP contribution in [0.5, 0.6) is 0 Å². The normalized spacial score (nSPS) is 18.4. The summed E-state index contributed by atoms with van der Waals surface area (Å²) in [5.41, 5.74) is 0.754. The summed E-state index contributed by atoms with van der Waals surface area (Å²) in [6.07, 6.45) is 2.51. The van der Waals surface area contributed by atoms with Crippen molar-refractivity contribution >= 4 is 0 Å². The van der Waals surface area contributed by atoms with Gasteiger partial charge in [0, 0.05) is 6.42 Å². The molecule has 0 aliphatic carbocycles. The van der Waals surface area contributed by atoms with Crippen LogP contribution in [0.1, 0.15) is 32.3 Å². The zero-order chi connectivity index (χ0) is 11.9. The molecule has 16 heavy (non-hydrogen) atoms. The molecule has 0 aromatic heterocycles. The van der Waals surface area contributed by atoms with Gasteiger partial charge in [-0.05, 0) is 31.5 Å². The molecule has 0 atom stereocenters. The fraction of sp³-hybridized carbons (Fsp3) is 0.571. The molecule has 0 bridgehead atoms. The molecule has 2 heteroatoms. The van der Waals surface area contributed by atoms with E-state index in [-0.39, 0.29) is 0 Å². The second-order valence-electron chi connectivity index (χ2n) is 4.14. The van der Waals surface area contributed by atoms with E-state index in [0.717, 1.165) is 32.4 Å². The summed E-state index contributed by atoms with van der Waals surface area (Å²) >= 11 is 0. The van der Waals surface area contributed by atoms with Gasteiger partial charge in [-0.3, -0.25) is 0 Å². The van der Waals surface area contributed by atoms with Gasteiger partial charge in [0.05, 0.1) is 5.60 Å². The largest absolute Gasteiger partial charge is 0.389 e. The van der Waals surface area contributed by atoms with Crippen molar-refractivity contribution in [2.24, 2.45) is 0 Å². The number of hydrogen-bond donors (Lipinski definition) is 2. The monoisotopic (exact) mass is 221 g/mol. The van der Waals surface area contributed by atoms with Gasteiger partial charge < -0.3 is 10.4 Å². The molecule has 2 nitrogen and oxygen atoms in total. The Kier molecular flexibility index (Phi) is 5.50. The topological polar surface area (TPSA) is 32.3 Å². The van der Waals surface area contributed by atoms with E-state index >= 15 is 0 Å². The minimum Gasteiger partial charge on any atom is -0.389 e. The third-order valence-corrected chi connectivity index (χ3v) is 2.91. The summed E-state index contributed by atoms with van der Waals surface area (Å²) in [7, 11) is 0. The summed E-state index contributed by atoms with van der Waals surface area (Å²) in [5, 5.41) is 13.6. The van der Waals surface area contributed by atoms with Crippen LogP contribution in [0.15, 0.2) is 30.3 Å². The van der Waals surface area contributed by atoms with Crippen LogP contribution in [-0.2, 0) is 6.42 Å². The highest BCUT2D eigenvalue weighted by molar-refractivity contribution is 5.17. The molecule has 1 aromatic carbocycles. The Morgan fingerprint density at radius 1 is 1.12 bits per heavy atom. The minimum absolute atomic E-state index is 0.480. The van der Waals surface area contributed by atoms with E-state index in [1.807, 2.05) is 32.0 Å². The minimum atomic E-state index is -0.480. The average Bonchev–Trinajstić information content (AvgIpc) is 2.33. The molecule has 0 radical (unpaired) electrons. The van der Waals surface area contributed by atoms with Crippen molar-refractivity contribution in [1.82, 2.24) is 5.32 Å². The van der Waals surface area contributed by atoms with E-state index in [4.69, 9.17) is 0 Å². The molecular formula is C14H23NO. The number of piperidine rings is 1. The maximum absolute atomic E-state index is 10.3. The first kappa shape index (κ1) is 13.2. The first-order valence-electron chi connectivity index (χ1n) is 6.26. The van der Waals surface area contributed by atoms with Gasteiger partial charge in [-0.15, -0.1) is 0 Å². The predicted octanol–water partition coefficient (Wildman–Crippen LogP) is 2.37. The van der Waals surface area contributed by atoms with Gasteiger partial charge in [-0.25, -0.2) is 0 Å². The summed E-state index contributed by atoms with van der Waals surface area (Å²) in [6.45, 7) is 5.87. The van der Waals surface area contributed by atoms with Gasteiger partial charge in [-0.1, -0.05) is 44.2 Å². The zero-order valence-electron chi connectivity index (χ0n) is 10.4. The van der Waals surface area contributed by atoms with Gasteiger partial charge in [0.2, 0.25) is 0 Å². The van der Waals surface area contributed by atoms with Crippen molar-refractivity contribution in [3.05, 3.63) is 35.9 Å². The summed E-state index contributed by atoms with van der Waals surface area (Å²) in [5.74, 6) is 0. The molecule has 0 unspecified atom stereocenters. The van der Waals surface area contributed by atoms with E-state index in [2.05, 4.69) is 17.4 Å². The van der Waals surface area contributed by atoms with E-state index in [1.54, 1.807) is 0 Å². The van der Waals surface area contributed by atoms with Crippen molar-refractivity contribution in [2.75, 3.05) is 13.1 Å². The van der Waals surface area contributed by atoms with Crippen LogP contribution >= 0.6 is 0 Å². The first-order chi connectivity index (χ1) is 7.79. The highest BCUT2D eigenvalue weighted by Crippen LogP contribution is 2.22. The lowest BCUT2D eigenvalue weighted by Crippen LogP contribution is -2.43. The maximum Gasteiger partial charge on any atom is 0.0712 e. The lowest BCUT2D eigenvalue weighted by molar-refractivity contribution is 0.0109. The predicted molar refractivity (Wildman–Crippen MR) is 68.5 cm³/mol. The highest BCUT2D eigenvalue weighted by Gasteiger charge is 2.28. The zero-order valence-corrected chi connectivity index (χ0v) is 10.4. The van der Waals surface area contributed by atoms with Crippen LogP contribution in [0.2, 0.25) is 0 Å². The fourth-order valence-electron chi connectivity index (χ4n) is 2.04. The summed E-state index contributed by atoms with van der Waals surface area (Å²) < 4.78 is 0. The standard InChI is InChI=1S/C12H17NO.C2H6/c14-12(6-8-13-9-7-12)10-11-4-2-1-3-5-11;1-2/h1-5,13-14H,6-10H2;1-2H3. The molecule has 1 aliphatic rings. The molecule has 0 amide bonds. The second kappa shape index (κ2) is 6.66. The molecule has 90 valence electrons. The molecule has 1 aromatic rings. The third kappa shape index (κ3) is 3.95. The molecule has 2 N–H and O–H groups in total. The fourth-order valence-corrected chi connectivity index (χ4v) is 2.04. The van der Waals surface area contributed by atoms with E-state index in [0.29, 0.717) is 0 Å². The lowest BCUT2D eigenvalue weighted by atomic mass is 9.86. The van der Waals surface area contributed by atoms with Crippen molar-refractivity contribution in [3.8, 4) is 0 Å². The molecule has 1 saturated heterocycles. The van der Waals surface area contributed by atoms with E-state index in [1.165, 1.54) is 5.56 Å². The van der Waals surface area contributed by atoms with Crippen molar-refractivity contribution in [2.45, 2.75) is 38.7 Å². The lowest BCUT2D eigenvalue weighted by Gasteiger charge is -2.32. The van der Waals surface area contributed by atoms with Gasteiger partial charge in [0.15, 0.2) is 0 Å². The number of nitrogens with one attached hydrogen (secondary N) is 1. The van der Waals surface area contributed by atoms with Gasteiger partial charge >= 0.3 is 0 Å². The molecule has 0 spiro atoms. The molecule has 1 aliphatic heterocycles. The summed E-state index contributed by atoms with van der Waals surface area (Å²) in [4.78, 5) is 0. The third-order valence-electron chi connectivity index (χ3n) is 2.91. The molecular weight excluding hydrogens is 198 g/mol. The van der Waals surface area contributed by atoms with Crippen molar-refractivity contribution in [3.63, 3.8) is 0 Å². The van der Waals surface area contributed by atoms with Crippen LogP contribution in [0, 0.1) is 0 Å². The van der Waals surface area contributed by atoms with E-state index < -0.39 is 5.60 Å². The second-order valence-corrected chi connectivity index (χ2v) is 4.14. The smallest absolute Gasteiger partial charge is 0.0712 e. The first-order valence-corrected chi connectivity index (χ1v) is 6.26. The number of aliphatic hydroxyl groups is 1. The Morgan fingerprint density at radius 3 is 2.25 bits per heavy atom. The molecule has 1 heterocycles. The van der Waals surface area contributed by atoms with E-state index in [9.17, 15) is 5.11 Å². The Bertz CT molecular complexity index is 278. The Morgan fingerprint density at radius 2 is 1.69 bits per heavy atom. The van der Waals surface area contributed by atoms with Gasteiger partial charge in [-0.2, -0.15) is 0 Å². The van der Waals surface area contributed by atoms with Crippen molar-refractivity contribution in [1.29, 1.82) is 0 Å². The highest BCUT2D eigenvalue weighted by atomic mass is 16.3. The molecule has 1 fully saturated rings. The van der Waals surface area contributed by atoms with Crippen LogP contribution < -0.4 is 5.32 Å². The maximum atomic E-state index is 10.3. The van der Waals surface area contributed by atoms with Crippen LogP contribution in [0.25, 0.3) is 0 Å². The van der Waals surface area contributed by atoms with Gasteiger partial charge in [0.25, 0.3) is 0 Å². The Labute approximate surface area is 98.7 Å². The molecule has 0 saturated carbocycles. The van der Waals surface area contributed by atoms with Crippen molar-refractivity contribution < 1.29 is 5.11 Å². The van der Waals surface area contributed by atoms with Crippen LogP contribution in [0.4, 0.5) is 0 Å². The average molecular weight is 221 g/mol. The Balaban J connectivity index is 0.000000606. The SMILES string of the molecule is CC.OC1(Cc2ccccc2)CCNCC1. The van der Waals surface area contributed by atoms with Crippen LogP contribution in [-0.4, -0.2) is 23.8 Å². The summed E-state index contributed by atoms with van der Waals surface area (Å²) in [6, 6.07) is 10.2. The molecule has 2 rings (SSSR count). The van der Waals surface area contributed by atoms with Crippen LogP contribution in [0.3, 0.4) is 0 Å². The quantitative estimate of drug-likeness (QED) is 0.803. The van der Waals surface area contributed by atoms with Gasteiger partial charge in [0.1, 0.15) is 0 Å². The number of hydrogen-bond acceptors (Lipinski definition) is 2. The Hall–Kier alpha value is -0.860. The number of benzene rings is 1.